The molecule has 100 valence electrons. The van der Waals surface area contributed by atoms with E-state index < -0.39 is 0 Å². The van der Waals surface area contributed by atoms with Gasteiger partial charge >= 0.3 is 0 Å². The lowest BCUT2D eigenvalue weighted by atomic mass is 9.87. The van der Waals surface area contributed by atoms with Crippen LogP contribution in [0, 0.1) is 31.5 Å². The molecule has 1 N–H and O–H groups in total. The van der Waals surface area contributed by atoms with Crippen LogP contribution in [0.5, 0.6) is 0 Å². The lowest BCUT2D eigenvalue weighted by Crippen LogP contribution is -2.29. The van der Waals surface area contributed by atoms with Crippen LogP contribution in [0.4, 0.5) is 4.39 Å². The van der Waals surface area contributed by atoms with Gasteiger partial charge in [0, 0.05) is 11.6 Å². The second-order valence-corrected chi connectivity index (χ2v) is 5.71. The fourth-order valence-corrected chi connectivity index (χ4v) is 2.99. The van der Waals surface area contributed by atoms with E-state index in [1.807, 2.05) is 13.8 Å². The summed E-state index contributed by atoms with van der Waals surface area (Å²) in [5.74, 6) is 1.24. The van der Waals surface area contributed by atoms with Gasteiger partial charge in [0.15, 0.2) is 0 Å². The van der Waals surface area contributed by atoms with Gasteiger partial charge in [-0.3, -0.25) is 0 Å². The third kappa shape index (κ3) is 2.74. The normalized spacial score (nSPS) is 18.7. The van der Waals surface area contributed by atoms with E-state index in [2.05, 4.69) is 25.2 Å². The Kier molecular flexibility index (Phi) is 4.06. The fourth-order valence-electron chi connectivity index (χ4n) is 2.99. The summed E-state index contributed by atoms with van der Waals surface area (Å²) in [4.78, 5) is 0. The van der Waals surface area contributed by atoms with Crippen LogP contribution in [0.25, 0.3) is 0 Å². The molecule has 0 aliphatic heterocycles. The highest BCUT2D eigenvalue weighted by Gasteiger charge is 2.35. The van der Waals surface area contributed by atoms with Gasteiger partial charge in [-0.15, -0.1) is 0 Å². The minimum atomic E-state index is -0.0500. The van der Waals surface area contributed by atoms with Gasteiger partial charge in [0.2, 0.25) is 0 Å². The number of hydrogen-bond donors (Lipinski definition) is 1. The minimum Gasteiger partial charge on any atom is -0.310 e. The molecule has 0 heterocycles. The molecule has 2 rings (SSSR count). The molecule has 0 radical (unpaired) electrons. The molecule has 1 aliphatic carbocycles. The number of halogens is 1. The van der Waals surface area contributed by atoms with Crippen LogP contribution < -0.4 is 5.32 Å². The minimum absolute atomic E-state index is 0.0500. The first-order valence-corrected chi connectivity index (χ1v) is 7.04. The smallest absolute Gasteiger partial charge is 0.128 e. The molecule has 2 unspecified atom stereocenters. The number of rotatable bonds is 5. The number of hydrogen-bond acceptors (Lipinski definition) is 1. The Balaban J connectivity index is 2.35. The van der Waals surface area contributed by atoms with E-state index in [0.29, 0.717) is 5.92 Å². The van der Waals surface area contributed by atoms with Crippen LogP contribution in [-0.4, -0.2) is 6.54 Å². The first kappa shape index (κ1) is 13.5. The van der Waals surface area contributed by atoms with Gasteiger partial charge in [-0.1, -0.05) is 19.9 Å². The molecule has 0 saturated heterocycles. The third-order valence-corrected chi connectivity index (χ3v) is 4.11. The van der Waals surface area contributed by atoms with E-state index in [1.165, 1.54) is 12.8 Å². The predicted molar refractivity (Wildman–Crippen MR) is 74.2 cm³/mol. The first-order valence-electron chi connectivity index (χ1n) is 7.04. The molecular formula is C16H24FN. The Labute approximate surface area is 110 Å². The number of nitrogens with one attached hydrogen (secondary N) is 1. The standard InChI is InChI=1S/C16H24FN/c1-5-18-16(12(4)13-6-7-13)15-11(3)8-10(2)9-14(15)17/h8-9,12-13,16,18H,5-7H2,1-4H3. The molecule has 1 nitrogen and oxygen atoms in total. The maximum Gasteiger partial charge on any atom is 0.128 e. The molecular weight excluding hydrogens is 225 g/mol. The summed E-state index contributed by atoms with van der Waals surface area (Å²) < 4.78 is 14.3. The van der Waals surface area contributed by atoms with Gasteiger partial charge in [0.1, 0.15) is 5.82 Å². The van der Waals surface area contributed by atoms with Gasteiger partial charge in [0.25, 0.3) is 0 Å². The van der Waals surface area contributed by atoms with Crippen LogP contribution in [0.15, 0.2) is 12.1 Å². The van der Waals surface area contributed by atoms with Gasteiger partial charge in [-0.25, -0.2) is 4.39 Å². The molecule has 1 aliphatic rings. The van der Waals surface area contributed by atoms with Crippen molar-refractivity contribution in [2.24, 2.45) is 11.8 Å². The lowest BCUT2D eigenvalue weighted by Gasteiger charge is -2.27. The van der Waals surface area contributed by atoms with Crippen LogP contribution in [0.2, 0.25) is 0 Å². The summed E-state index contributed by atoms with van der Waals surface area (Å²) in [6.07, 6.45) is 2.60. The molecule has 1 aromatic rings. The maximum absolute atomic E-state index is 14.3. The van der Waals surface area contributed by atoms with Crippen molar-refractivity contribution in [2.45, 2.75) is 46.6 Å². The van der Waals surface area contributed by atoms with Crippen LogP contribution in [0.3, 0.4) is 0 Å². The Morgan fingerprint density at radius 1 is 1.33 bits per heavy atom. The number of aryl methyl sites for hydroxylation is 2. The monoisotopic (exact) mass is 249 g/mol. The average molecular weight is 249 g/mol. The molecule has 18 heavy (non-hydrogen) atoms. The van der Waals surface area contributed by atoms with E-state index in [0.717, 1.165) is 29.2 Å². The zero-order chi connectivity index (χ0) is 13.3. The van der Waals surface area contributed by atoms with E-state index in [1.54, 1.807) is 6.07 Å². The third-order valence-electron chi connectivity index (χ3n) is 4.11. The van der Waals surface area contributed by atoms with E-state index in [4.69, 9.17) is 0 Å². The van der Waals surface area contributed by atoms with Crippen molar-refractivity contribution in [1.29, 1.82) is 0 Å². The molecule has 1 fully saturated rings. The Hall–Kier alpha value is -0.890. The molecule has 2 atom stereocenters. The van der Waals surface area contributed by atoms with Crippen molar-refractivity contribution in [1.82, 2.24) is 5.32 Å². The van der Waals surface area contributed by atoms with Crippen LogP contribution in [0.1, 0.15) is 49.4 Å². The molecule has 0 aromatic heterocycles. The summed E-state index contributed by atoms with van der Waals surface area (Å²) >= 11 is 0. The molecule has 1 saturated carbocycles. The van der Waals surface area contributed by atoms with E-state index in [-0.39, 0.29) is 11.9 Å². The Morgan fingerprint density at radius 3 is 2.50 bits per heavy atom. The lowest BCUT2D eigenvalue weighted by molar-refractivity contribution is 0.344. The molecule has 2 heteroatoms. The van der Waals surface area contributed by atoms with Crippen LogP contribution >= 0.6 is 0 Å². The highest BCUT2D eigenvalue weighted by Crippen LogP contribution is 2.43. The topological polar surface area (TPSA) is 12.0 Å². The van der Waals surface area contributed by atoms with E-state index in [9.17, 15) is 4.39 Å². The second-order valence-electron chi connectivity index (χ2n) is 5.71. The van der Waals surface area contributed by atoms with Gasteiger partial charge < -0.3 is 5.32 Å². The van der Waals surface area contributed by atoms with Crippen molar-refractivity contribution in [3.8, 4) is 0 Å². The highest BCUT2D eigenvalue weighted by molar-refractivity contribution is 5.35. The van der Waals surface area contributed by atoms with Gasteiger partial charge in [0.05, 0.1) is 0 Å². The summed E-state index contributed by atoms with van der Waals surface area (Å²) in [7, 11) is 0. The summed E-state index contributed by atoms with van der Waals surface area (Å²) in [6.45, 7) is 9.20. The maximum atomic E-state index is 14.3. The fraction of sp³-hybridized carbons (Fsp3) is 0.625. The van der Waals surface area contributed by atoms with Crippen molar-refractivity contribution in [3.05, 3.63) is 34.6 Å². The molecule has 0 bridgehead atoms. The largest absolute Gasteiger partial charge is 0.310 e. The van der Waals surface area contributed by atoms with E-state index >= 15 is 0 Å². The second kappa shape index (κ2) is 5.40. The quantitative estimate of drug-likeness (QED) is 0.827. The van der Waals surface area contributed by atoms with Gasteiger partial charge in [-0.2, -0.15) is 0 Å². The Morgan fingerprint density at radius 2 is 2.00 bits per heavy atom. The zero-order valence-corrected chi connectivity index (χ0v) is 11.9. The van der Waals surface area contributed by atoms with Crippen molar-refractivity contribution < 1.29 is 4.39 Å². The highest BCUT2D eigenvalue weighted by atomic mass is 19.1. The molecule has 0 amide bonds. The van der Waals surface area contributed by atoms with Crippen LogP contribution in [-0.2, 0) is 0 Å². The Bertz CT molecular complexity index is 400. The molecule has 1 aromatic carbocycles. The summed E-state index contributed by atoms with van der Waals surface area (Å²) in [5.41, 5.74) is 2.95. The molecule has 0 spiro atoms. The number of benzene rings is 1. The van der Waals surface area contributed by atoms with Crippen molar-refractivity contribution in [3.63, 3.8) is 0 Å². The zero-order valence-electron chi connectivity index (χ0n) is 11.9. The SMILES string of the molecule is CCNC(c1c(C)cc(C)cc1F)C(C)C1CC1. The van der Waals surface area contributed by atoms with Crippen molar-refractivity contribution in [2.75, 3.05) is 6.54 Å². The summed E-state index contributed by atoms with van der Waals surface area (Å²) in [6, 6.07) is 3.90. The average Bonchev–Trinajstić information content (AvgIpc) is 3.09. The summed E-state index contributed by atoms with van der Waals surface area (Å²) in [5, 5.41) is 3.48. The van der Waals surface area contributed by atoms with Gasteiger partial charge in [-0.05, 0) is 62.3 Å². The predicted octanol–water partition coefficient (Wildman–Crippen LogP) is 4.14. The first-order chi connectivity index (χ1) is 8.54. The van der Waals surface area contributed by atoms with Crippen molar-refractivity contribution >= 4 is 0 Å².